The maximum Gasteiger partial charge on any atom is 0.129 e. The van der Waals surface area contributed by atoms with Crippen molar-refractivity contribution in [2.75, 3.05) is 18.0 Å². The van der Waals surface area contributed by atoms with Crippen LogP contribution in [0.15, 0.2) is 29.8 Å². The topological polar surface area (TPSA) is 29.3 Å². The highest BCUT2D eigenvalue weighted by Gasteiger charge is 2.11. The zero-order valence-electron chi connectivity index (χ0n) is 9.54. The Morgan fingerprint density at radius 1 is 1.44 bits per heavy atom. The normalized spacial score (nSPS) is 16.2. The van der Waals surface area contributed by atoms with Crippen LogP contribution in [-0.2, 0) is 6.54 Å². The molecule has 2 N–H and O–H groups in total. The molecular formula is C13H17FN2. The van der Waals surface area contributed by atoms with E-state index in [2.05, 4.69) is 17.9 Å². The second-order valence-corrected chi connectivity index (χ2v) is 4.23. The third-order valence-corrected chi connectivity index (χ3v) is 3.06. The Balaban J connectivity index is 2.19. The lowest BCUT2D eigenvalue weighted by Crippen LogP contribution is -2.28. The summed E-state index contributed by atoms with van der Waals surface area (Å²) in [6.45, 7) is 4.22. The molecular weight excluding hydrogens is 203 g/mol. The molecule has 1 aromatic rings. The standard InChI is InChI=1S/C13H17FN2/c1-10-4-6-16(7-5-10)12-3-2-11(9-15)13(14)8-12/h2-4,8H,5-7,9,15H2,1H3. The molecule has 86 valence electrons. The molecule has 2 rings (SSSR count). The van der Waals surface area contributed by atoms with Gasteiger partial charge in [-0.2, -0.15) is 0 Å². The fourth-order valence-corrected chi connectivity index (χ4v) is 1.90. The van der Waals surface area contributed by atoms with Gasteiger partial charge in [0.1, 0.15) is 5.82 Å². The van der Waals surface area contributed by atoms with E-state index in [1.807, 2.05) is 6.07 Å². The fraction of sp³-hybridized carbons (Fsp3) is 0.385. The monoisotopic (exact) mass is 220 g/mol. The first kappa shape index (κ1) is 11.1. The largest absolute Gasteiger partial charge is 0.367 e. The molecule has 2 nitrogen and oxygen atoms in total. The molecule has 1 aliphatic rings. The lowest BCUT2D eigenvalue weighted by atomic mass is 10.1. The van der Waals surface area contributed by atoms with Crippen molar-refractivity contribution in [3.05, 3.63) is 41.2 Å². The summed E-state index contributed by atoms with van der Waals surface area (Å²) in [7, 11) is 0. The molecule has 16 heavy (non-hydrogen) atoms. The summed E-state index contributed by atoms with van der Waals surface area (Å²) >= 11 is 0. The summed E-state index contributed by atoms with van der Waals surface area (Å²) < 4.78 is 13.6. The van der Waals surface area contributed by atoms with E-state index in [0.29, 0.717) is 5.56 Å². The van der Waals surface area contributed by atoms with Gasteiger partial charge >= 0.3 is 0 Å². The minimum Gasteiger partial charge on any atom is -0.367 e. The highest BCUT2D eigenvalue weighted by atomic mass is 19.1. The summed E-state index contributed by atoms with van der Waals surface area (Å²) in [5.41, 5.74) is 8.37. The molecule has 0 aromatic heterocycles. The number of hydrogen-bond acceptors (Lipinski definition) is 2. The van der Waals surface area contributed by atoms with E-state index in [9.17, 15) is 4.39 Å². The fourth-order valence-electron chi connectivity index (χ4n) is 1.90. The van der Waals surface area contributed by atoms with E-state index in [1.54, 1.807) is 12.1 Å². The first-order chi connectivity index (χ1) is 7.70. The maximum atomic E-state index is 13.6. The quantitative estimate of drug-likeness (QED) is 0.776. The minimum atomic E-state index is -0.203. The average molecular weight is 220 g/mol. The number of benzene rings is 1. The average Bonchev–Trinajstić information content (AvgIpc) is 2.30. The van der Waals surface area contributed by atoms with E-state index < -0.39 is 0 Å². The van der Waals surface area contributed by atoms with Crippen LogP contribution in [-0.4, -0.2) is 13.1 Å². The third kappa shape index (κ3) is 2.25. The molecule has 0 aliphatic carbocycles. The van der Waals surface area contributed by atoms with Crippen molar-refractivity contribution in [1.29, 1.82) is 0 Å². The number of anilines is 1. The second-order valence-electron chi connectivity index (χ2n) is 4.23. The molecule has 0 amide bonds. The highest BCUT2D eigenvalue weighted by molar-refractivity contribution is 5.49. The SMILES string of the molecule is CC1=CCN(c2ccc(CN)c(F)c2)CC1. The van der Waals surface area contributed by atoms with Gasteiger partial charge in [-0.3, -0.25) is 0 Å². The zero-order valence-corrected chi connectivity index (χ0v) is 9.54. The molecule has 0 saturated carbocycles. The van der Waals surface area contributed by atoms with Crippen LogP contribution in [0, 0.1) is 5.82 Å². The van der Waals surface area contributed by atoms with E-state index in [0.717, 1.165) is 25.2 Å². The molecule has 0 fully saturated rings. The zero-order chi connectivity index (χ0) is 11.5. The van der Waals surface area contributed by atoms with Crippen molar-refractivity contribution in [3.63, 3.8) is 0 Å². The van der Waals surface area contributed by atoms with E-state index in [-0.39, 0.29) is 12.4 Å². The van der Waals surface area contributed by atoms with Crippen molar-refractivity contribution >= 4 is 5.69 Å². The van der Waals surface area contributed by atoms with Crippen molar-refractivity contribution in [2.24, 2.45) is 5.73 Å². The van der Waals surface area contributed by atoms with Gasteiger partial charge in [0.2, 0.25) is 0 Å². The summed E-state index contributed by atoms with van der Waals surface area (Å²) in [6, 6.07) is 5.30. The van der Waals surface area contributed by atoms with Gasteiger partial charge in [0.15, 0.2) is 0 Å². The Morgan fingerprint density at radius 2 is 2.25 bits per heavy atom. The van der Waals surface area contributed by atoms with Gasteiger partial charge in [0.25, 0.3) is 0 Å². The predicted octanol–water partition coefficient (Wildman–Crippen LogP) is 2.44. The first-order valence-electron chi connectivity index (χ1n) is 5.60. The Bertz CT molecular complexity index is 412. The van der Waals surface area contributed by atoms with E-state index >= 15 is 0 Å². The molecule has 3 heteroatoms. The molecule has 1 aliphatic heterocycles. The van der Waals surface area contributed by atoms with Gasteiger partial charge in [-0.25, -0.2) is 4.39 Å². The van der Waals surface area contributed by atoms with E-state index in [1.165, 1.54) is 5.57 Å². The number of hydrogen-bond donors (Lipinski definition) is 1. The lowest BCUT2D eigenvalue weighted by Gasteiger charge is -2.27. The Labute approximate surface area is 95.6 Å². The molecule has 0 atom stereocenters. The highest BCUT2D eigenvalue weighted by Crippen LogP contribution is 2.21. The van der Waals surface area contributed by atoms with Crippen LogP contribution in [0.3, 0.4) is 0 Å². The Morgan fingerprint density at radius 3 is 2.81 bits per heavy atom. The lowest BCUT2D eigenvalue weighted by molar-refractivity contribution is 0.609. The summed E-state index contributed by atoms with van der Waals surface area (Å²) in [5.74, 6) is -0.203. The number of nitrogens with two attached hydrogens (primary N) is 1. The van der Waals surface area contributed by atoms with Crippen molar-refractivity contribution < 1.29 is 4.39 Å². The van der Waals surface area contributed by atoms with Crippen LogP contribution in [0.5, 0.6) is 0 Å². The Hall–Kier alpha value is -1.35. The first-order valence-corrected chi connectivity index (χ1v) is 5.60. The number of halogens is 1. The van der Waals surface area contributed by atoms with Crippen molar-refractivity contribution in [2.45, 2.75) is 19.9 Å². The van der Waals surface area contributed by atoms with Gasteiger partial charge in [-0.1, -0.05) is 17.7 Å². The molecule has 1 heterocycles. The smallest absolute Gasteiger partial charge is 0.129 e. The predicted molar refractivity (Wildman–Crippen MR) is 64.9 cm³/mol. The molecule has 0 spiro atoms. The summed E-state index contributed by atoms with van der Waals surface area (Å²) in [4.78, 5) is 2.18. The van der Waals surface area contributed by atoms with Crippen LogP contribution in [0.25, 0.3) is 0 Å². The number of rotatable bonds is 2. The van der Waals surface area contributed by atoms with Crippen molar-refractivity contribution in [1.82, 2.24) is 0 Å². The number of nitrogens with zero attached hydrogens (tertiary/aromatic N) is 1. The van der Waals surface area contributed by atoms with Gasteiger partial charge in [0.05, 0.1) is 0 Å². The maximum absolute atomic E-state index is 13.6. The molecule has 0 radical (unpaired) electrons. The summed E-state index contributed by atoms with van der Waals surface area (Å²) in [5, 5.41) is 0. The van der Waals surface area contributed by atoms with Gasteiger partial charge < -0.3 is 10.6 Å². The van der Waals surface area contributed by atoms with Gasteiger partial charge in [-0.05, 0) is 25.5 Å². The van der Waals surface area contributed by atoms with Crippen LogP contribution in [0.1, 0.15) is 18.9 Å². The Kier molecular flexibility index (Phi) is 3.25. The molecule has 1 aromatic carbocycles. The van der Waals surface area contributed by atoms with Crippen LogP contribution in [0.2, 0.25) is 0 Å². The molecule has 0 bridgehead atoms. The second kappa shape index (κ2) is 4.66. The van der Waals surface area contributed by atoms with Crippen molar-refractivity contribution in [3.8, 4) is 0 Å². The minimum absolute atomic E-state index is 0.203. The van der Waals surface area contributed by atoms with Gasteiger partial charge in [-0.15, -0.1) is 0 Å². The molecule has 0 unspecified atom stereocenters. The van der Waals surface area contributed by atoms with Gasteiger partial charge in [0, 0.05) is 30.9 Å². The third-order valence-electron chi connectivity index (χ3n) is 3.06. The summed E-state index contributed by atoms with van der Waals surface area (Å²) in [6.07, 6.45) is 3.25. The van der Waals surface area contributed by atoms with Crippen LogP contribution in [0.4, 0.5) is 10.1 Å². The van der Waals surface area contributed by atoms with Crippen LogP contribution >= 0.6 is 0 Å². The molecule has 0 saturated heterocycles. The van der Waals surface area contributed by atoms with Crippen LogP contribution < -0.4 is 10.6 Å². The van der Waals surface area contributed by atoms with E-state index in [4.69, 9.17) is 5.73 Å².